The first-order chi connectivity index (χ1) is 11.5. The third-order valence-electron chi connectivity index (χ3n) is 3.40. The number of fused-ring (bicyclic) bond motifs is 1. The zero-order valence-electron chi connectivity index (χ0n) is 13.3. The Balaban J connectivity index is 1.62. The van der Waals surface area contributed by atoms with Gasteiger partial charge in [-0.1, -0.05) is 23.7 Å². The number of carbonyl (C=O) groups excluding carboxylic acids is 1. The number of carbonyl (C=O) groups is 1. The molecule has 0 fully saturated rings. The highest BCUT2D eigenvalue weighted by molar-refractivity contribution is 6.32. The van der Waals surface area contributed by atoms with Crippen molar-refractivity contribution in [3.63, 3.8) is 0 Å². The molecule has 0 saturated heterocycles. The van der Waals surface area contributed by atoms with Gasteiger partial charge in [0.25, 0.3) is 11.7 Å². The molecule has 0 atom stereocenters. The molecule has 0 aliphatic heterocycles. The van der Waals surface area contributed by atoms with Gasteiger partial charge in [0, 0.05) is 11.4 Å². The maximum Gasteiger partial charge on any atom is 0.258 e. The number of aryl methyl sites for hydroxylation is 2. The maximum atomic E-state index is 11.9. The molecule has 0 spiro atoms. The number of halogens is 1. The van der Waals surface area contributed by atoms with Gasteiger partial charge in [0.05, 0.1) is 11.6 Å². The Kier molecular flexibility index (Phi) is 4.61. The van der Waals surface area contributed by atoms with Crippen molar-refractivity contribution >= 4 is 23.3 Å². The van der Waals surface area contributed by atoms with Gasteiger partial charge in [-0.15, -0.1) is 10.2 Å². The van der Waals surface area contributed by atoms with Crippen molar-refractivity contribution in [1.82, 2.24) is 24.9 Å². The van der Waals surface area contributed by atoms with Gasteiger partial charge < -0.3 is 10.1 Å². The molecular weight excluding hydrogens is 330 g/mol. The van der Waals surface area contributed by atoms with Crippen LogP contribution in [0.1, 0.15) is 17.2 Å². The van der Waals surface area contributed by atoms with E-state index < -0.39 is 0 Å². The van der Waals surface area contributed by atoms with Gasteiger partial charge in [0.15, 0.2) is 12.4 Å². The van der Waals surface area contributed by atoms with Crippen molar-refractivity contribution in [1.29, 1.82) is 0 Å². The normalized spacial score (nSPS) is 10.8. The van der Waals surface area contributed by atoms with Crippen molar-refractivity contribution in [3.8, 4) is 5.75 Å². The lowest BCUT2D eigenvalue weighted by Gasteiger charge is -2.08. The van der Waals surface area contributed by atoms with Crippen LogP contribution in [-0.2, 0) is 11.3 Å². The fraction of sp³-hybridized carbons (Fsp3) is 0.250. The van der Waals surface area contributed by atoms with Crippen molar-refractivity contribution < 1.29 is 9.53 Å². The summed E-state index contributed by atoms with van der Waals surface area (Å²) in [4.78, 5) is 16.3. The minimum atomic E-state index is -0.274. The van der Waals surface area contributed by atoms with Crippen LogP contribution in [0.2, 0.25) is 5.02 Å². The predicted molar refractivity (Wildman–Crippen MR) is 89.0 cm³/mol. The monoisotopic (exact) mass is 345 g/mol. The highest BCUT2D eigenvalue weighted by Crippen LogP contribution is 2.22. The van der Waals surface area contributed by atoms with Gasteiger partial charge in [-0.05, 0) is 32.0 Å². The Bertz CT molecular complexity index is 893. The Morgan fingerprint density at radius 1 is 1.29 bits per heavy atom. The summed E-state index contributed by atoms with van der Waals surface area (Å²) in [6.07, 6.45) is 0. The van der Waals surface area contributed by atoms with Crippen molar-refractivity contribution in [2.45, 2.75) is 20.4 Å². The van der Waals surface area contributed by atoms with E-state index >= 15 is 0 Å². The molecule has 3 aromatic rings. The van der Waals surface area contributed by atoms with Gasteiger partial charge >= 0.3 is 0 Å². The summed E-state index contributed by atoms with van der Waals surface area (Å²) < 4.78 is 7.20. The second-order valence-electron chi connectivity index (χ2n) is 5.29. The molecule has 3 rings (SSSR count). The van der Waals surface area contributed by atoms with Gasteiger partial charge in [-0.25, -0.2) is 4.98 Å². The fourth-order valence-corrected chi connectivity index (χ4v) is 2.54. The van der Waals surface area contributed by atoms with Gasteiger partial charge in [-0.2, -0.15) is 0 Å². The van der Waals surface area contributed by atoms with Gasteiger partial charge in [-0.3, -0.25) is 9.20 Å². The first-order valence-electron chi connectivity index (χ1n) is 7.37. The standard InChI is InChI=1S/C16H16ClN5O2/c1-10-7-11(2)22-14(20-21-16(22)19-10)8-18-15(23)9-24-13-6-4-3-5-12(13)17/h3-7H,8-9H2,1-2H3,(H,18,23). The van der Waals surface area contributed by atoms with Crippen LogP contribution in [0.4, 0.5) is 0 Å². The predicted octanol–water partition coefficient (Wildman–Crippen LogP) is 2.09. The zero-order valence-corrected chi connectivity index (χ0v) is 14.0. The second-order valence-corrected chi connectivity index (χ2v) is 5.69. The van der Waals surface area contributed by atoms with Crippen LogP contribution in [0, 0.1) is 13.8 Å². The summed E-state index contributed by atoms with van der Waals surface area (Å²) in [7, 11) is 0. The highest BCUT2D eigenvalue weighted by Gasteiger charge is 2.11. The molecule has 0 radical (unpaired) electrons. The number of benzene rings is 1. The number of hydrogen-bond donors (Lipinski definition) is 1. The van der Waals surface area contributed by atoms with Crippen molar-refractivity contribution in [2.24, 2.45) is 0 Å². The molecule has 2 heterocycles. The summed E-state index contributed by atoms with van der Waals surface area (Å²) in [5.74, 6) is 1.33. The summed E-state index contributed by atoms with van der Waals surface area (Å²) in [5, 5.41) is 11.3. The molecule has 0 aliphatic rings. The van der Waals surface area contributed by atoms with Crippen LogP contribution in [0.5, 0.6) is 5.75 Å². The van der Waals surface area contributed by atoms with E-state index in [9.17, 15) is 4.79 Å². The second kappa shape index (κ2) is 6.84. The van der Waals surface area contributed by atoms with Gasteiger partial charge in [0.2, 0.25) is 0 Å². The number of hydrogen-bond acceptors (Lipinski definition) is 5. The molecule has 7 nitrogen and oxygen atoms in total. The molecule has 2 aromatic heterocycles. The summed E-state index contributed by atoms with van der Waals surface area (Å²) >= 11 is 5.98. The molecule has 124 valence electrons. The number of nitrogens with one attached hydrogen (secondary N) is 1. The molecule has 0 aliphatic carbocycles. The summed E-state index contributed by atoms with van der Waals surface area (Å²) in [5.41, 5.74) is 1.83. The quantitative estimate of drug-likeness (QED) is 0.765. The van der Waals surface area contributed by atoms with Crippen LogP contribution < -0.4 is 10.1 Å². The third-order valence-corrected chi connectivity index (χ3v) is 3.71. The van der Waals surface area contributed by atoms with E-state index in [1.165, 1.54) is 0 Å². The number of amides is 1. The van der Waals surface area contributed by atoms with E-state index in [0.29, 0.717) is 22.4 Å². The van der Waals surface area contributed by atoms with E-state index in [1.54, 1.807) is 24.3 Å². The molecule has 0 bridgehead atoms. The molecule has 0 saturated carbocycles. The van der Waals surface area contributed by atoms with E-state index in [0.717, 1.165) is 11.4 Å². The zero-order chi connectivity index (χ0) is 17.1. The van der Waals surface area contributed by atoms with Crippen LogP contribution in [0.3, 0.4) is 0 Å². The first kappa shape index (κ1) is 16.2. The molecule has 0 unspecified atom stereocenters. The maximum absolute atomic E-state index is 11.9. The first-order valence-corrected chi connectivity index (χ1v) is 7.74. The van der Waals surface area contributed by atoms with Crippen LogP contribution in [0.15, 0.2) is 30.3 Å². The Labute approximate surface area is 143 Å². The molecule has 1 N–H and O–H groups in total. The number of para-hydroxylation sites is 1. The average Bonchev–Trinajstić information content (AvgIpc) is 2.95. The number of nitrogens with zero attached hydrogens (tertiary/aromatic N) is 4. The Hall–Kier alpha value is -2.67. The van der Waals surface area contributed by atoms with Crippen LogP contribution >= 0.6 is 11.6 Å². The van der Waals surface area contributed by atoms with Crippen LogP contribution in [-0.4, -0.2) is 32.1 Å². The third kappa shape index (κ3) is 3.46. The largest absolute Gasteiger partial charge is 0.482 e. The topological polar surface area (TPSA) is 81.4 Å². The number of rotatable bonds is 5. The highest BCUT2D eigenvalue weighted by atomic mass is 35.5. The van der Waals surface area contributed by atoms with Crippen LogP contribution in [0.25, 0.3) is 5.78 Å². The van der Waals surface area contributed by atoms with E-state index in [1.807, 2.05) is 24.3 Å². The Morgan fingerprint density at radius 3 is 2.88 bits per heavy atom. The Morgan fingerprint density at radius 2 is 2.08 bits per heavy atom. The molecular formula is C16H16ClN5O2. The average molecular weight is 346 g/mol. The molecule has 8 heteroatoms. The minimum Gasteiger partial charge on any atom is -0.482 e. The SMILES string of the molecule is Cc1cc(C)n2c(CNC(=O)COc3ccccc3Cl)nnc2n1. The summed E-state index contributed by atoms with van der Waals surface area (Å²) in [6.45, 7) is 3.94. The number of aromatic nitrogens is 4. The van der Waals surface area contributed by atoms with E-state index in [4.69, 9.17) is 16.3 Å². The van der Waals surface area contributed by atoms with Crippen molar-refractivity contribution in [2.75, 3.05) is 6.61 Å². The lowest BCUT2D eigenvalue weighted by molar-refractivity contribution is -0.123. The van der Waals surface area contributed by atoms with Gasteiger partial charge in [0.1, 0.15) is 5.75 Å². The number of ether oxygens (including phenoxy) is 1. The fourth-order valence-electron chi connectivity index (χ4n) is 2.35. The lowest BCUT2D eigenvalue weighted by atomic mass is 10.3. The summed E-state index contributed by atoms with van der Waals surface area (Å²) in [6, 6.07) is 8.93. The smallest absolute Gasteiger partial charge is 0.258 e. The van der Waals surface area contributed by atoms with Crippen molar-refractivity contribution in [3.05, 3.63) is 52.6 Å². The molecule has 1 amide bonds. The minimum absolute atomic E-state index is 0.128. The molecule has 1 aromatic carbocycles. The molecule has 24 heavy (non-hydrogen) atoms. The lowest BCUT2D eigenvalue weighted by Crippen LogP contribution is -2.29. The van der Waals surface area contributed by atoms with E-state index in [2.05, 4.69) is 20.5 Å². The van der Waals surface area contributed by atoms with E-state index in [-0.39, 0.29) is 19.1 Å².